The molecule has 0 saturated carbocycles. The van der Waals surface area contributed by atoms with E-state index in [2.05, 4.69) is 20.8 Å². The Labute approximate surface area is 156 Å². The second-order valence-electron chi connectivity index (χ2n) is 6.12. The molecule has 0 fully saturated rings. The van der Waals surface area contributed by atoms with Gasteiger partial charge in [0.05, 0.1) is 5.69 Å². The Morgan fingerprint density at radius 2 is 1.74 bits per heavy atom. The minimum Gasteiger partial charge on any atom is -0.361 e. The van der Waals surface area contributed by atoms with Crippen molar-refractivity contribution >= 4 is 23.2 Å². The van der Waals surface area contributed by atoms with Crippen molar-refractivity contribution in [2.75, 3.05) is 10.6 Å². The maximum Gasteiger partial charge on any atom is 0.255 e. The van der Waals surface area contributed by atoms with Gasteiger partial charge in [0, 0.05) is 41.3 Å². The van der Waals surface area contributed by atoms with Crippen LogP contribution >= 0.6 is 0 Å². The van der Waals surface area contributed by atoms with Crippen molar-refractivity contribution < 1.29 is 14.1 Å². The summed E-state index contributed by atoms with van der Waals surface area (Å²) in [5.41, 5.74) is 3.50. The molecule has 2 heterocycles. The summed E-state index contributed by atoms with van der Waals surface area (Å²) in [6, 6.07) is 10.3. The predicted octanol–water partition coefficient (Wildman–Crippen LogP) is 3.51. The second kappa shape index (κ2) is 8.27. The van der Waals surface area contributed by atoms with E-state index in [4.69, 9.17) is 4.52 Å². The molecule has 138 valence electrons. The van der Waals surface area contributed by atoms with Crippen LogP contribution in [0.15, 0.2) is 53.3 Å². The summed E-state index contributed by atoms with van der Waals surface area (Å²) in [7, 11) is 0. The number of hydrogen-bond donors (Lipinski definition) is 2. The molecule has 2 amide bonds. The van der Waals surface area contributed by atoms with Crippen molar-refractivity contribution in [3.05, 3.63) is 71.4 Å². The highest BCUT2D eigenvalue weighted by Gasteiger charge is 2.12. The normalized spacial score (nSPS) is 10.4. The zero-order valence-corrected chi connectivity index (χ0v) is 15.2. The number of carbonyl (C=O) groups is 2. The second-order valence-corrected chi connectivity index (χ2v) is 6.12. The van der Waals surface area contributed by atoms with E-state index in [1.54, 1.807) is 48.8 Å². The van der Waals surface area contributed by atoms with Crippen molar-refractivity contribution in [2.24, 2.45) is 0 Å². The van der Waals surface area contributed by atoms with Gasteiger partial charge in [-0.05, 0) is 50.6 Å². The Kier molecular flexibility index (Phi) is 5.61. The molecular weight excluding hydrogens is 344 g/mol. The molecule has 27 heavy (non-hydrogen) atoms. The summed E-state index contributed by atoms with van der Waals surface area (Å²) in [5, 5.41) is 9.54. The number of aromatic nitrogens is 2. The van der Waals surface area contributed by atoms with Gasteiger partial charge in [0.2, 0.25) is 5.91 Å². The molecule has 2 aromatic heterocycles. The summed E-state index contributed by atoms with van der Waals surface area (Å²) >= 11 is 0. The van der Waals surface area contributed by atoms with E-state index in [0.29, 0.717) is 29.8 Å². The van der Waals surface area contributed by atoms with Gasteiger partial charge in [0.15, 0.2) is 0 Å². The van der Waals surface area contributed by atoms with Crippen molar-refractivity contribution in [1.29, 1.82) is 0 Å². The summed E-state index contributed by atoms with van der Waals surface area (Å²) in [5.74, 6) is 0.382. The summed E-state index contributed by atoms with van der Waals surface area (Å²) < 4.78 is 5.11. The molecule has 7 nitrogen and oxygen atoms in total. The number of carbonyl (C=O) groups excluding carboxylic acids is 2. The zero-order valence-electron chi connectivity index (χ0n) is 15.2. The molecule has 7 heteroatoms. The first-order chi connectivity index (χ1) is 13.0. The summed E-state index contributed by atoms with van der Waals surface area (Å²) in [4.78, 5) is 28.3. The SMILES string of the molecule is Cc1noc(C)c1CCC(=O)Nc1cccc(NC(=O)c2ccncc2)c1. The summed E-state index contributed by atoms with van der Waals surface area (Å²) in [6.07, 6.45) is 4.00. The van der Waals surface area contributed by atoms with Crippen molar-refractivity contribution in [3.8, 4) is 0 Å². The largest absolute Gasteiger partial charge is 0.361 e. The molecule has 1 aromatic carbocycles. The van der Waals surface area contributed by atoms with Crippen molar-refractivity contribution in [3.63, 3.8) is 0 Å². The Balaban J connectivity index is 1.58. The minimum atomic E-state index is -0.237. The van der Waals surface area contributed by atoms with Crippen LogP contribution in [0.1, 0.15) is 33.8 Å². The molecule has 3 aromatic rings. The van der Waals surface area contributed by atoms with E-state index in [9.17, 15) is 9.59 Å². The Hall–Kier alpha value is -3.48. The molecule has 0 saturated heterocycles. The van der Waals surface area contributed by atoms with Gasteiger partial charge in [0.25, 0.3) is 5.91 Å². The lowest BCUT2D eigenvalue weighted by molar-refractivity contribution is -0.116. The molecule has 0 unspecified atom stereocenters. The van der Waals surface area contributed by atoms with Gasteiger partial charge in [-0.25, -0.2) is 0 Å². The van der Waals surface area contributed by atoms with Crippen LogP contribution < -0.4 is 10.6 Å². The minimum absolute atomic E-state index is 0.118. The number of rotatable bonds is 6. The third-order valence-corrected chi connectivity index (χ3v) is 4.13. The van der Waals surface area contributed by atoms with Crippen LogP contribution in [0.2, 0.25) is 0 Å². The standard InChI is InChI=1S/C20H20N4O3/c1-13-18(14(2)27-24-13)6-7-19(25)22-16-4-3-5-17(12-16)23-20(26)15-8-10-21-11-9-15/h3-5,8-12H,6-7H2,1-2H3,(H,22,25)(H,23,26). The van der Waals surface area contributed by atoms with E-state index >= 15 is 0 Å². The van der Waals surface area contributed by atoms with E-state index in [-0.39, 0.29) is 11.8 Å². The number of nitrogens with zero attached hydrogens (tertiary/aromatic N) is 2. The molecule has 3 rings (SSSR count). The maximum absolute atomic E-state index is 12.2. The molecule has 0 aliphatic heterocycles. The highest BCUT2D eigenvalue weighted by atomic mass is 16.5. The van der Waals surface area contributed by atoms with Crippen LogP contribution in [0.3, 0.4) is 0 Å². The topological polar surface area (TPSA) is 97.1 Å². The molecule has 0 spiro atoms. The van der Waals surface area contributed by atoms with Crippen LogP contribution in [-0.2, 0) is 11.2 Å². The molecule has 2 N–H and O–H groups in total. The zero-order chi connectivity index (χ0) is 19.2. The molecule has 0 radical (unpaired) electrons. The average Bonchev–Trinajstić information content (AvgIpc) is 2.99. The molecule has 0 atom stereocenters. The van der Waals surface area contributed by atoms with Crippen LogP contribution in [0.5, 0.6) is 0 Å². The third kappa shape index (κ3) is 4.78. The van der Waals surface area contributed by atoms with E-state index in [0.717, 1.165) is 17.0 Å². The predicted molar refractivity (Wildman–Crippen MR) is 102 cm³/mol. The Morgan fingerprint density at radius 1 is 1.04 bits per heavy atom. The fraction of sp³-hybridized carbons (Fsp3) is 0.200. The summed E-state index contributed by atoms with van der Waals surface area (Å²) in [6.45, 7) is 3.70. The molecule has 0 aliphatic rings. The van der Waals surface area contributed by atoms with Crippen molar-refractivity contribution in [1.82, 2.24) is 10.1 Å². The lowest BCUT2D eigenvalue weighted by Gasteiger charge is -2.09. The van der Waals surface area contributed by atoms with E-state index in [1.165, 1.54) is 0 Å². The highest BCUT2D eigenvalue weighted by molar-refractivity contribution is 6.04. The lowest BCUT2D eigenvalue weighted by atomic mass is 10.1. The van der Waals surface area contributed by atoms with E-state index < -0.39 is 0 Å². The number of benzene rings is 1. The van der Waals surface area contributed by atoms with Crippen LogP contribution in [-0.4, -0.2) is 22.0 Å². The fourth-order valence-corrected chi connectivity index (χ4v) is 2.70. The first-order valence-electron chi connectivity index (χ1n) is 8.56. The first-order valence-corrected chi connectivity index (χ1v) is 8.56. The monoisotopic (exact) mass is 364 g/mol. The van der Waals surface area contributed by atoms with Crippen LogP contribution in [0.4, 0.5) is 11.4 Å². The van der Waals surface area contributed by atoms with Gasteiger partial charge in [0.1, 0.15) is 5.76 Å². The highest BCUT2D eigenvalue weighted by Crippen LogP contribution is 2.18. The fourth-order valence-electron chi connectivity index (χ4n) is 2.70. The average molecular weight is 364 g/mol. The van der Waals surface area contributed by atoms with Crippen molar-refractivity contribution in [2.45, 2.75) is 26.7 Å². The number of amides is 2. The third-order valence-electron chi connectivity index (χ3n) is 4.13. The first kappa shape index (κ1) is 18.3. The Bertz CT molecular complexity index is 931. The number of aryl methyl sites for hydroxylation is 2. The Morgan fingerprint density at radius 3 is 2.41 bits per heavy atom. The quantitative estimate of drug-likeness (QED) is 0.698. The molecule has 0 bridgehead atoms. The smallest absolute Gasteiger partial charge is 0.255 e. The number of hydrogen-bond acceptors (Lipinski definition) is 5. The molecule has 0 aliphatic carbocycles. The lowest BCUT2D eigenvalue weighted by Crippen LogP contribution is -2.14. The van der Waals surface area contributed by atoms with Crippen LogP contribution in [0, 0.1) is 13.8 Å². The number of nitrogens with one attached hydrogen (secondary N) is 2. The molecular formula is C20H20N4O3. The van der Waals surface area contributed by atoms with Gasteiger partial charge in [-0.3, -0.25) is 14.6 Å². The van der Waals surface area contributed by atoms with Gasteiger partial charge < -0.3 is 15.2 Å². The number of anilines is 2. The van der Waals surface area contributed by atoms with Crippen LogP contribution in [0.25, 0.3) is 0 Å². The number of pyridine rings is 1. The van der Waals surface area contributed by atoms with Gasteiger partial charge in [-0.1, -0.05) is 11.2 Å². The van der Waals surface area contributed by atoms with Gasteiger partial charge in [-0.15, -0.1) is 0 Å². The van der Waals surface area contributed by atoms with Gasteiger partial charge >= 0.3 is 0 Å². The van der Waals surface area contributed by atoms with Gasteiger partial charge in [-0.2, -0.15) is 0 Å². The van der Waals surface area contributed by atoms with E-state index in [1.807, 2.05) is 13.8 Å². The maximum atomic E-state index is 12.2.